The lowest BCUT2D eigenvalue weighted by Gasteiger charge is -2.23. The topological polar surface area (TPSA) is 58.9 Å². The summed E-state index contributed by atoms with van der Waals surface area (Å²) in [6.07, 6.45) is 5.30. The van der Waals surface area contributed by atoms with E-state index in [-0.39, 0.29) is 0 Å². The van der Waals surface area contributed by atoms with Crippen LogP contribution in [0.15, 0.2) is 0 Å². The van der Waals surface area contributed by atoms with Crippen molar-refractivity contribution in [3.63, 3.8) is 0 Å². The molecule has 94 valence electrons. The molecule has 0 aromatic carbocycles. The van der Waals surface area contributed by atoms with E-state index in [2.05, 4.69) is 25.6 Å². The van der Waals surface area contributed by atoms with E-state index in [0.717, 1.165) is 31.5 Å². The summed E-state index contributed by atoms with van der Waals surface area (Å²) < 4.78 is 0. The Morgan fingerprint density at radius 1 is 1.35 bits per heavy atom. The smallest absolute Gasteiger partial charge is 0.188 e. The second kappa shape index (κ2) is 4.70. The quantitative estimate of drug-likeness (QED) is 0.775. The predicted octanol–water partition coefficient (Wildman–Crippen LogP) is -0.0735. The molecule has 1 aliphatic heterocycles. The molecule has 1 aromatic rings. The Hall–Kier alpha value is -1.01. The Labute approximate surface area is 101 Å². The van der Waals surface area contributed by atoms with Crippen LogP contribution in [0, 0.1) is 0 Å². The molecule has 0 bridgehead atoms. The van der Waals surface area contributed by atoms with Gasteiger partial charge < -0.3 is 5.32 Å². The third-order valence-electron chi connectivity index (χ3n) is 3.61. The fraction of sp³-hybridized carbons (Fsp3) is 0.909. The second-order valence-electron chi connectivity index (χ2n) is 5.14. The first-order valence-corrected chi connectivity index (χ1v) is 6.51. The summed E-state index contributed by atoms with van der Waals surface area (Å²) in [5.41, 5.74) is 0. The first kappa shape index (κ1) is 11.1. The van der Waals surface area contributed by atoms with Crippen LogP contribution in [0.3, 0.4) is 0 Å². The maximum atomic E-state index is 4.25. The number of nitrogens with one attached hydrogen (secondary N) is 1. The summed E-state index contributed by atoms with van der Waals surface area (Å²) >= 11 is 0. The molecule has 1 saturated carbocycles. The summed E-state index contributed by atoms with van der Waals surface area (Å²) in [6.45, 7) is 3.12. The Morgan fingerprint density at radius 3 is 2.94 bits per heavy atom. The van der Waals surface area contributed by atoms with Crippen molar-refractivity contribution in [2.24, 2.45) is 7.05 Å². The van der Waals surface area contributed by atoms with E-state index < -0.39 is 0 Å². The van der Waals surface area contributed by atoms with Gasteiger partial charge in [0.1, 0.15) is 0 Å². The fourth-order valence-corrected chi connectivity index (χ4v) is 2.49. The minimum atomic E-state index is 0.652. The molecule has 6 heteroatoms. The molecule has 17 heavy (non-hydrogen) atoms. The van der Waals surface area contributed by atoms with Gasteiger partial charge in [-0.3, -0.25) is 4.90 Å². The summed E-state index contributed by atoms with van der Waals surface area (Å²) in [5.74, 6) is 0.839. The minimum Gasteiger partial charge on any atom is -0.312 e. The largest absolute Gasteiger partial charge is 0.312 e. The molecule has 0 amide bonds. The number of nitrogens with zero attached hydrogens (tertiary/aromatic N) is 5. The summed E-state index contributed by atoms with van der Waals surface area (Å²) in [5, 5.41) is 15.8. The number of hydrogen-bond acceptors (Lipinski definition) is 5. The highest BCUT2D eigenvalue weighted by Crippen LogP contribution is 2.22. The normalized spacial score (nSPS) is 25.6. The number of rotatable bonds is 5. The van der Waals surface area contributed by atoms with E-state index >= 15 is 0 Å². The van der Waals surface area contributed by atoms with Crippen molar-refractivity contribution in [3.8, 4) is 0 Å². The molecular formula is C11H20N6. The third-order valence-corrected chi connectivity index (χ3v) is 3.61. The maximum Gasteiger partial charge on any atom is 0.188 e. The molecule has 2 heterocycles. The summed E-state index contributed by atoms with van der Waals surface area (Å²) in [6, 6.07) is 1.45. The van der Waals surface area contributed by atoms with Gasteiger partial charge in [-0.05, 0) is 37.4 Å². The minimum absolute atomic E-state index is 0.652. The number of hydrogen-bond donors (Lipinski definition) is 1. The van der Waals surface area contributed by atoms with Gasteiger partial charge in [-0.1, -0.05) is 0 Å². The summed E-state index contributed by atoms with van der Waals surface area (Å²) in [7, 11) is 1.81. The number of aromatic nitrogens is 4. The molecule has 1 atom stereocenters. The Bertz CT molecular complexity index is 372. The van der Waals surface area contributed by atoms with Gasteiger partial charge in [-0.25, -0.2) is 0 Å². The van der Waals surface area contributed by atoms with E-state index in [4.69, 9.17) is 0 Å². The van der Waals surface area contributed by atoms with Crippen LogP contribution in [0.2, 0.25) is 0 Å². The van der Waals surface area contributed by atoms with Gasteiger partial charge >= 0.3 is 0 Å². The fourth-order valence-electron chi connectivity index (χ4n) is 2.49. The number of likely N-dealkylation sites (tertiary alicyclic amines) is 1. The van der Waals surface area contributed by atoms with Crippen LogP contribution in [-0.4, -0.2) is 50.3 Å². The second-order valence-corrected chi connectivity index (χ2v) is 5.14. The van der Waals surface area contributed by atoms with E-state index in [1.165, 1.54) is 30.5 Å². The van der Waals surface area contributed by atoms with Gasteiger partial charge in [0.25, 0.3) is 0 Å². The van der Waals surface area contributed by atoms with Gasteiger partial charge in [0.2, 0.25) is 0 Å². The molecule has 0 spiro atoms. The van der Waals surface area contributed by atoms with Crippen molar-refractivity contribution in [1.29, 1.82) is 0 Å². The molecule has 2 aliphatic rings. The van der Waals surface area contributed by atoms with Gasteiger partial charge in [0.05, 0.1) is 13.6 Å². The van der Waals surface area contributed by atoms with Gasteiger partial charge in [-0.15, -0.1) is 10.2 Å². The lowest BCUT2D eigenvalue weighted by atomic mass is 10.2. The van der Waals surface area contributed by atoms with Crippen molar-refractivity contribution < 1.29 is 0 Å². The van der Waals surface area contributed by atoms with Gasteiger partial charge in [0, 0.05) is 18.6 Å². The Morgan fingerprint density at radius 2 is 2.24 bits per heavy atom. The molecular weight excluding hydrogens is 216 g/mol. The van der Waals surface area contributed by atoms with Crippen molar-refractivity contribution in [2.45, 2.75) is 44.3 Å². The number of aryl methyl sites for hydroxylation is 1. The zero-order chi connectivity index (χ0) is 11.7. The van der Waals surface area contributed by atoms with Crippen LogP contribution in [0.5, 0.6) is 0 Å². The van der Waals surface area contributed by atoms with Crippen LogP contribution in [0.4, 0.5) is 0 Å². The van der Waals surface area contributed by atoms with Crippen LogP contribution in [-0.2, 0) is 13.6 Å². The Balaban J connectivity index is 1.53. The molecule has 1 aliphatic carbocycles. The van der Waals surface area contributed by atoms with Gasteiger partial charge in [-0.2, -0.15) is 4.80 Å². The van der Waals surface area contributed by atoms with Crippen molar-refractivity contribution in [1.82, 2.24) is 30.4 Å². The SMILES string of the molecule is Cn1nnc(CN2CCCC2CNC2CC2)n1. The van der Waals surface area contributed by atoms with Crippen molar-refractivity contribution in [3.05, 3.63) is 5.82 Å². The first-order valence-electron chi connectivity index (χ1n) is 6.51. The molecule has 0 radical (unpaired) electrons. The molecule has 1 aromatic heterocycles. The van der Waals surface area contributed by atoms with Crippen molar-refractivity contribution >= 4 is 0 Å². The molecule has 1 saturated heterocycles. The third kappa shape index (κ3) is 2.81. The monoisotopic (exact) mass is 236 g/mol. The lowest BCUT2D eigenvalue weighted by molar-refractivity contribution is 0.233. The van der Waals surface area contributed by atoms with Crippen LogP contribution in [0.1, 0.15) is 31.5 Å². The molecule has 2 fully saturated rings. The summed E-state index contributed by atoms with van der Waals surface area (Å²) in [4.78, 5) is 4.01. The zero-order valence-electron chi connectivity index (χ0n) is 10.3. The highest BCUT2D eigenvalue weighted by Gasteiger charge is 2.28. The predicted molar refractivity (Wildman–Crippen MR) is 63.3 cm³/mol. The maximum absolute atomic E-state index is 4.25. The van der Waals surface area contributed by atoms with E-state index in [1.54, 1.807) is 0 Å². The number of tetrazole rings is 1. The molecule has 6 nitrogen and oxygen atoms in total. The standard InChI is InChI=1S/C11H20N6/c1-16-14-11(13-15-16)8-17-6-2-3-10(17)7-12-9-4-5-9/h9-10,12H,2-8H2,1H3. The van der Waals surface area contributed by atoms with E-state index in [0.29, 0.717) is 6.04 Å². The first-order chi connectivity index (χ1) is 8.31. The average molecular weight is 236 g/mol. The van der Waals surface area contributed by atoms with Crippen molar-refractivity contribution in [2.75, 3.05) is 13.1 Å². The highest BCUT2D eigenvalue weighted by molar-refractivity contribution is 4.89. The van der Waals surface area contributed by atoms with Gasteiger partial charge in [0.15, 0.2) is 5.82 Å². The lowest BCUT2D eigenvalue weighted by Crippen LogP contribution is -2.38. The molecule has 1 unspecified atom stereocenters. The zero-order valence-corrected chi connectivity index (χ0v) is 10.3. The van der Waals surface area contributed by atoms with Crippen LogP contribution < -0.4 is 5.32 Å². The highest BCUT2D eigenvalue weighted by atomic mass is 15.6. The van der Waals surface area contributed by atoms with E-state index in [9.17, 15) is 0 Å². The van der Waals surface area contributed by atoms with Crippen LogP contribution in [0.25, 0.3) is 0 Å². The average Bonchev–Trinajstić information content (AvgIpc) is 2.90. The van der Waals surface area contributed by atoms with Crippen LogP contribution >= 0.6 is 0 Å². The van der Waals surface area contributed by atoms with E-state index in [1.807, 2.05) is 7.05 Å². The Kier molecular flexibility index (Phi) is 3.07. The molecule has 3 rings (SSSR count). The molecule has 1 N–H and O–H groups in total.